The molecule has 108 valence electrons. The molecule has 0 atom stereocenters. The normalized spacial score (nSPS) is 38.4. The molecule has 1 nitrogen and oxygen atoms in total. The zero-order valence-corrected chi connectivity index (χ0v) is 15.3. The minimum Gasteiger partial charge on any atom is -0.293 e. The number of carbonyl (C=O) groups is 1. The topological polar surface area (TPSA) is 17.1 Å². The lowest BCUT2D eigenvalue weighted by molar-refractivity contribution is -0.0523. The molecule has 1 heterocycles. The van der Waals surface area contributed by atoms with Crippen molar-refractivity contribution in [2.24, 2.45) is 23.2 Å². The van der Waals surface area contributed by atoms with E-state index in [9.17, 15) is 4.79 Å². The van der Waals surface area contributed by atoms with E-state index in [4.69, 9.17) is 0 Å². The van der Waals surface area contributed by atoms with Gasteiger partial charge < -0.3 is 0 Å². The van der Waals surface area contributed by atoms with Crippen molar-refractivity contribution in [2.45, 2.75) is 44.9 Å². The van der Waals surface area contributed by atoms with Gasteiger partial charge in [-0.3, -0.25) is 4.79 Å². The molecule has 0 aromatic carbocycles. The highest BCUT2D eigenvalue weighted by Gasteiger charge is 2.51. The van der Waals surface area contributed by atoms with Crippen LogP contribution in [0.4, 0.5) is 0 Å². The van der Waals surface area contributed by atoms with Crippen LogP contribution in [0.25, 0.3) is 0 Å². The summed E-state index contributed by atoms with van der Waals surface area (Å²) in [5, 5.41) is 2.01. The molecule has 20 heavy (non-hydrogen) atoms. The Morgan fingerprint density at radius 2 is 1.70 bits per heavy atom. The molecule has 0 unspecified atom stereocenters. The Labute approximate surface area is 140 Å². The number of hydrogen-bond acceptors (Lipinski definition) is 2. The average molecular weight is 418 g/mol. The molecule has 4 saturated carbocycles. The van der Waals surface area contributed by atoms with Crippen molar-refractivity contribution >= 4 is 49.0 Å². The predicted molar refractivity (Wildman–Crippen MR) is 89.3 cm³/mol. The van der Waals surface area contributed by atoms with Crippen LogP contribution in [-0.4, -0.2) is 5.78 Å². The zero-order valence-electron chi connectivity index (χ0n) is 11.3. The van der Waals surface area contributed by atoms with E-state index >= 15 is 0 Å². The van der Waals surface area contributed by atoms with Crippen LogP contribution in [0.1, 0.15) is 54.6 Å². The highest BCUT2D eigenvalue weighted by Crippen LogP contribution is 2.61. The molecule has 1 aromatic rings. The first kappa shape index (κ1) is 14.0. The molecule has 1 aromatic heterocycles. The lowest BCUT2D eigenvalue weighted by Gasteiger charge is -2.56. The number of carbonyl (C=O) groups excluding carboxylic acids is 1. The van der Waals surface area contributed by atoms with Gasteiger partial charge in [0.25, 0.3) is 0 Å². The van der Waals surface area contributed by atoms with Gasteiger partial charge in [-0.15, -0.1) is 11.3 Å². The third-order valence-corrected chi connectivity index (χ3v) is 9.21. The van der Waals surface area contributed by atoms with Gasteiger partial charge in [0.15, 0.2) is 5.78 Å². The van der Waals surface area contributed by atoms with Crippen LogP contribution in [-0.2, 0) is 0 Å². The molecule has 4 aliphatic carbocycles. The van der Waals surface area contributed by atoms with E-state index in [1.54, 1.807) is 11.3 Å². The SMILES string of the molecule is O=C(CC12CC3CC(CC(C3)C1)C2)c1scc(Br)c1Br. The van der Waals surface area contributed by atoms with Gasteiger partial charge in [0.1, 0.15) is 0 Å². The summed E-state index contributed by atoms with van der Waals surface area (Å²) >= 11 is 8.60. The Bertz CT molecular complexity index is 528. The Kier molecular flexibility index (Phi) is 3.43. The second kappa shape index (κ2) is 4.92. The lowest BCUT2D eigenvalue weighted by Crippen LogP contribution is -2.46. The van der Waals surface area contributed by atoms with Gasteiger partial charge >= 0.3 is 0 Å². The highest BCUT2D eigenvalue weighted by molar-refractivity contribution is 9.13. The molecule has 0 aliphatic heterocycles. The zero-order chi connectivity index (χ0) is 13.9. The van der Waals surface area contributed by atoms with Crippen molar-refractivity contribution in [3.63, 3.8) is 0 Å². The number of hydrogen-bond donors (Lipinski definition) is 0. The highest BCUT2D eigenvalue weighted by atomic mass is 79.9. The van der Waals surface area contributed by atoms with Gasteiger partial charge in [0.05, 0.1) is 9.35 Å². The van der Waals surface area contributed by atoms with Crippen molar-refractivity contribution in [2.75, 3.05) is 0 Å². The Balaban J connectivity index is 1.57. The first-order valence-electron chi connectivity index (χ1n) is 7.50. The monoisotopic (exact) mass is 416 g/mol. The quantitative estimate of drug-likeness (QED) is 0.546. The van der Waals surface area contributed by atoms with Crippen molar-refractivity contribution < 1.29 is 4.79 Å². The van der Waals surface area contributed by atoms with Gasteiger partial charge in [0, 0.05) is 16.3 Å². The molecular weight excluding hydrogens is 400 g/mol. The third kappa shape index (κ3) is 2.26. The smallest absolute Gasteiger partial charge is 0.174 e. The van der Waals surface area contributed by atoms with Crippen LogP contribution in [0.5, 0.6) is 0 Å². The van der Waals surface area contributed by atoms with Crippen LogP contribution in [0, 0.1) is 23.2 Å². The van der Waals surface area contributed by atoms with E-state index in [-0.39, 0.29) is 0 Å². The van der Waals surface area contributed by atoms with Crippen LogP contribution < -0.4 is 0 Å². The fourth-order valence-electron chi connectivity index (χ4n) is 5.44. The summed E-state index contributed by atoms with van der Waals surface area (Å²) in [6.45, 7) is 0. The first-order valence-corrected chi connectivity index (χ1v) is 9.97. The van der Waals surface area contributed by atoms with Gasteiger partial charge in [0.2, 0.25) is 0 Å². The molecule has 0 amide bonds. The van der Waals surface area contributed by atoms with E-state index in [1.165, 1.54) is 38.5 Å². The number of halogens is 2. The molecule has 5 rings (SSSR count). The van der Waals surface area contributed by atoms with Crippen LogP contribution in [0.15, 0.2) is 14.3 Å². The van der Waals surface area contributed by atoms with Crippen LogP contribution in [0.2, 0.25) is 0 Å². The van der Waals surface area contributed by atoms with Crippen LogP contribution in [0.3, 0.4) is 0 Å². The van der Waals surface area contributed by atoms with E-state index < -0.39 is 0 Å². The summed E-state index contributed by atoms with van der Waals surface area (Å²) in [5.74, 6) is 3.13. The van der Waals surface area contributed by atoms with Gasteiger partial charge in [-0.2, -0.15) is 0 Å². The van der Waals surface area contributed by atoms with Crippen LogP contribution >= 0.6 is 43.2 Å². The molecule has 4 fully saturated rings. The maximum absolute atomic E-state index is 12.7. The number of thiophene rings is 1. The molecule has 0 saturated heterocycles. The van der Waals surface area contributed by atoms with Crippen molar-refractivity contribution in [1.82, 2.24) is 0 Å². The number of ketones is 1. The minimum atomic E-state index is 0.349. The maximum Gasteiger partial charge on any atom is 0.174 e. The number of Topliss-reactive ketones (excluding diaryl/α,β-unsaturated/α-hetero) is 1. The van der Waals surface area contributed by atoms with Gasteiger partial charge in [-0.05, 0) is 93.6 Å². The molecule has 4 aliphatic rings. The predicted octanol–water partition coefficient (Wildman–Crippen LogP) is 6.06. The summed E-state index contributed by atoms with van der Waals surface area (Å²) in [5.41, 5.74) is 0.349. The fourth-order valence-corrected chi connectivity index (χ4v) is 7.57. The Morgan fingerprint density at radius 1 is 1.15 bits per heavy atom. The average Bonchev–Trinajstić information content (AvgIpc) is 2.67. The second-order valence-corrected chi connectivity index (χ2v) is 9.77. The second-order valence-electron chi connectivity index (χ2n) is 7.24. The van der Waals surface area contributed by atoms with E-state index in [0.717, 1.165) is 38.0 Å². The first-order chi connectivity index (χ1) is 9.55. The third-order valence-electron chi connectivity index (χ3n) is 5.64. The summed E-state index contributed by atoms with van der Waals surface area (Å²) in [7, 11) is 0. The molecule has 4 heteroatoms. The summed E-state index contributed by atoms with van der Waals surface area (Å²) < 4.78 is 1.97. The van der Waals surface area contributed by atoms with Gasteiger partial charge in [-0.25, -0.2) is 0 Å². The van der Waals surface area contributed by atoms with E-state index in [0.29, 0.717) is 11.2 Å². The van der Waals surface area contributed by atoms with Gasteiger partial charge in [-0.1, -0.05) is 0 Å². The fraction of sp³-hybridized carbons (Fsp3) is 0.688. The molecule has 0 N–H and O–H groups in total. The molecule has 4 bridgehead atoms. The van der Waals surface area contributed by atoms with E-state index in [1.807, 2.05) is 5.38 Å². The van der Waals surface area contributed by atoms with Crippen molar-refractivity contribution in [3.05, 3.63) is 19.2 Å². The van der Waals surface area contributed by atoms with E-state index in [2.05, 4.69) is 31.9 Å². The molecular formula is C16H18Br2OS. The Hall–Kier alpha value is 0.330. The van der Waals surface area contributed by atoms with Crippen molar-refractivity contribution in [1.29, 1.82) is 0 Å². The summed E-state index contributed by atoms with van der Waals surface area (Å²) in [6, 6.07) is 0. The minimum absolute atomic E-state index is 0.349. The summed E-state index contributed by atoms with van der Waals surface area (Å²) in [4.78, 5) is 13.6. The Morgan fingerprint density at radius 3 is 2.15 bits per heavy atom. The lowest BCUT2D eigenvalue weighted by atomic mass is 9.48. The maximum atomic E-state index is 12.7. The van der Waals surface area contributed by atoms with Crippen molar-refractivity contribution in [3.8, 4) is 0 Å². The standard InChI is InChI=1S/C16H18Br2OS/c17-12-8-20-15(14(12)18)13(19)7-16-4-9-1-10(5-16)3-11(2-9)6-16/h8-11H,1-7H2. The molecule has 0 spiro atoms. The largest absolute Gasteiger partial charge is 0.293 e. The number of rotatable bonds is 3. The molecule has 0 radical (unpaired) electrons. The summed E-state index contributed by atoms with van der Waals surface area (Å²) in [6.07, 6.45) is 9.06.